The first-order valence-electron chi connectivity index (χ1n) is 9.83. The zero-order chi connectivity index (χ0) is 21.8. The molecular weight excluding hydrogens is 412 g/mol. The summed E-state index contributed by atoms with van der Waals surface area (Å²) in [7, 11) is 0. The molecule has 0 aliphatic carbocycles. The van der Waals surface area contributed by atoms with Crippen molar-refractivity contribution in [3.8, 4) is 0 Å². The van der Waals surface area contributed by atoms with Gasteiger partial charge in [-0.15, -0.1) is 0 Å². The predicted molar refractivity (Wildman–Crippen MR) is 121 cm³/mol. The van der Waals surface area contributed by atoms with Gasteiger partial charge in [0.05, 0.1) is 18.9 Å². The predicted octanol–water partition coefficient (Wildman–Crippen LogP) is 4.20. The van der Waals surface area contributed by atoms with Crippen LogP contribution in [-0.2, 0) is 16.1 Å². The van der Waals surface area contributed by atoms with Crippen molar-refractivity contribution < 1.29 is 19.5 Å². The quantitative estimate of drug-likeness (QED) is 0.653. The van der Waals surface area contributed by atoms with Gasteiger partial charge in [0.1, 0.15) is 0 Å². The van der Waals surface area contributed by atoms with Crippen molar-refractivity contribution in [2.75, 3.05) is 5.75 Å². The number of thioether (sulfide) groups is 1. The van der Waals surface area contributed by atoms with E-state index in [1.54, 1.807) is 24.3 Å². The fraction of sp³-hybridized carbons (Fsp3) is 0.167. The molecule has 6 nitrogen and oxygen atoms in total. The lowest BCUT2D eigenvalue weighted by Gasteiger charge is -2.32. The van der Waals surface area contributed by atoms with Crippen LogP contribution in [0.5, 0.6) is 0 Å². The number of aliphatic imine (C=N–C) groups is 1. The van der Waals surface area contributed by atoms with Crippen LogP contribution in [-0.4, -0.2) is 38.7 Å². The number of rotatable bonds is 5. The summed E-state index contributed by atoms with van der Waals surface area (Å²) >= 11 is 1.24. The Morgan fingerprint density at radius 2 is 1.71 bits per heavy atom. The highest BCUT2D eigenvalue weighted by molar-refractivity contribution is 8.14. The van der Waals surface area contributed by atoms with Crippen molar-refractivity contribution in [3.05, 3.63) is 83.9 Å². The third-order valence-electron chi connectivity index (χ3n) is 5.11. The van der Waals surface area contributed by atoms with Crippen molar-refractivity contribution in [2.24, 2.45) is 10.9 Å². The zero-order valence-electron chi connectivity index (χ0n) is 16.6. The Bertz CT molecular complexity index is 1170. The van der Waals surface area contributed by atoms with Crippen LogP contribution < -0.4 is 0 Å². The number of nitrogens with zero attached hydrogens (tertiary/aromatic N) is 2. The first-order valence-corrected chi connectivity index (χ1v) is 10.8. The average molecular weight is 433 g/mol. The molecular formula is C24H20N2O4S. The van der Waals surface area contributed by atoms with Crippen molar-refractivity contribution >= 4 is 45.5 Å². The number of amidine groups is 1. The zero-order valence-corrected chi connectivity index (χ0v) is 17.4. The number of hydrogen-bond acceptors (Lipinski definition) is 4. The summed E-state index contributed by atoms with van der Waals surface area (Å²) in [6.07, 6.45) is -0.252. The summed E-state index contributed by atoms with van der Waals surface area (Å²) in [4.78, 5) is 42.8. The summed E-state index contributed by atoms with van der Waals surface area (Å²) in [6, 6.07) is 22.3. The number of carbonyl (C=O) groups is 3. The van der Waals surface area contributed by atoms with Gasteiger partial charge in [-0.3, -0.25) is 19.3 Å². The monoisotopic (exact) mass is 432 g/mol. The molecule has 31 heavy (non-hydrogen) atoms. The molecule has 3 aromatic rings. The minimum Gasteiger partial charge on any atom is -0.481 e. The number of amides is 2. The van der Waals surface area contributed by atoms with Gasteiger partial charge in [0.25, 0.3) is 5.91 Å². The third-order valence-corrected chi connectivity index (χ3v) is 6.25. The Balaban J connectivity index is 1.70. The second-order valence-electron chi connectivity index (χ2n) is 7.23. The molecule has 1 N–H and O–H groups in total. The maximum Gasteiger partial charge on any atom is 0.304 e. The summed E-state index contributed by atoms with van der Waals surface area (Å²) in [6.45, 7) is 0.213. The smallest absolute Gasteiger partial charge is 0.304 e. The van der Waals surface area contributed by atoms with E-state index in [9.17, 15) is 19.5 Å². The van der Waals surface area contributed by atoms with Crippen molar-refractivity contribution in [1.29, 1.82) is 0 Å². The molecule has 1 fully saturated rings. The Morgan fingerprint density at radius 1 is 1.00 bits per heavy atom. The van der Waals surface area contributed by atoms with E-state index in [2.05, 4.69) is 4.99 Å². The Hall–Kier alpha value is -3.45. The molecule has 7 heteroatoms. The molecule has 0 radical (unpaired) electrons. The molecule has 156 valence electrons. The van der Waals surface area contributed by atoms with Crippen LogP contribution in [0.25, 0.3) is 10.8 Å². The van der Waals surface area contributed by atoms with Gasteiger partial charge in [-0.25, -0.2) is 0 Å². The lowest BCUT2D eigenvalue weighted by molar-refractivity contribution is -0.142. The van der Waals surface area contributed by atoms with Gasteiger partial charge in [-0.05, 0) is 28.5 Å². The van der Waals surface area contributed by atoms with Crippen molar-refractivity contribution in [1.82, 2.24) is 4.90 Å². The van der Waals surface area contributed by atoms with E-state index < -0.39 is 17.8 Å². The van der Waals surface area contributed by atoms with Gasteiger partial charge >= 0.3 is 5.97 Å². The summed E-state index contributed by atoms with van der Waals surface area (Å²) in [5.74, 6) is -2.17. The largest absolute Gasteiger partial charge is 0.481 e. The second kappa shape index (κ2) is 9.14. The molecule has 1 saturated heterocycles. The molecule has 0 spiro atoms. The van der Waals surface area contributed by atoms with Gasteiger partial charge in [-0.1, -0.05) is 72.4 Å². The minimum absolute atomic E-state index is 0.213. The van der Waals surface area contributed by atoms with Crippen molar-refractivity contribution in [3.63, 3.8) is 0 Å². The van der Waals surface area contributed by atoms with Gasteiger partial charge in [0, 0.05) is 11.3 Å². The van der Waals surface area contributed by atoms with Crippen LogP contribution in [0.3, 0.4) is 0 Å². The van der Waals surface area contributed by atoms with Crippen LogP contribution in [0.4, 0.5) is 0 Å². The van der Waals surface area contributed by atoms with E-state index in [0.29, 0.717) is 10.7 Å². The van der Waals surface area contributed by atoms with E-state index >= 15 is 0 Å². The number of fused-ring (bicyclic) bond motifs is 1. The molecule has 1 heterocycles. The minimum atomic E-state index is -1.02. The highest BCUT2D eigenvalue weighted by Crippen LogP contribution is 2.29. The van der Waals surface area contributed by atoms with Gasteiger partial charge in [0.15, 0.2) is 5.17 Å². The molecule has 1 atom stereocenters. The van der Waals surface area contributed by atoms with Crippen molar-refractivity contribution in [2.45, 2.75) is 13.0 Å². The van der Waals surface area contributed by atoms with E-state index in [1.165, 1.54) is 16.7 Å². The topological polar surface area (TPSA) is 87.0 Å². The van der Waals surface area contributed by atoms with Gasteiger partial charge < -0.3 is 5.11 Å². The standard InChI is InChI=1S/C24H20N2O4S/c27-21(28)13-19-15-31-24(25-22(29)17-8-2-1-3-9-17)26(23(19)30)14-18-11-6-10-16-7-4-5-12-20(16)18/h1-12,19H,13-15H2,(H,27,28). The number of carboxylic acids is 1. The van der Waals surface area contributed by atoms with Crippen LogP contribution in [0, 0.1) is 5.92 Å². The normalized spacial score (nSPS) is 17.8. The molecule has 1 unspecified atom stereocenters. The number of aliphatic carboxylic acids is 1. The van der Waals surface area contributed by atoms with Crippen LogP contribution in [0.15, 0.2) is 77.8 Å². The average Bonchev–Trinajstić information content (AvgIpc) is 2.78. The lowest BCUT2D eigenvalue weighted by atomic mass is 10.0. The molecule has 0 saturated carbocycles. The molecule has 4 rings (SSSR count). The highest BCUT2D eigenvalue weighted by atomic mass is 32.2. The summed E-state index contributed by atoms with van der Waals surface area (Å²) < 4.78 is 0. The fourth-order valence-electron chi connectivity index (χ4n) is 3.57. The van der Waals surface area contributed by atoms with Crippen LogP contribution in [0.1, 0.15) is 22.3 Å². The number of hydrogen-bond donors (Lipinski definition) is 1. The molecule has 3 aromatic carbocycles. The highest BCUT2D eigenvalue weighted by Gasteiger charge is 2.35. The van der Waals surface area contributed by atoms with E-state index in [0.717, 1.165) is 16.3 Å². The fourth-order valence-corrected chi connectivity index (χ4v) is 4.64. The van der Waals surface area contributed by atoms with E-state index in [4.69, 9.17) is 0 Å². The Kier molecular flexibility index (Phi) is 6.13. The van der Waals surface area contributed by atoms with Gasteiger partial charge in [-0.2, -0.15) is 4.99 Å². The summed E-state index contributed by atoms with van der Waals surface area (Å²) in [5, 5.41) is 11.5. The molecule has 1 aliphatic heterocycles. The molecule has 0 aromatic heterocycles. The first kappa shape index (κ1) is 20.8. The third kappa shape index (κ3) is 4.67. The van der Waals surface area contributed by atoms with E-state index in [-0.39, 0.29) is 24.6 Å². The second-order valence-corrected chi connectivity index (χ2v) is 8.22. The number of benzene rings is 3. The first-order chi connectivity index (χ1) is 15.0. The SMILES string of the molecule is O=C(O)CC1CSC(=NC(=O)c2ccccc2)N(Cc2cccc3ccccc23)C1=O. The van der Waals surface area contributed by atoms with Crippen LogP contribution in [0.2, 0.25) is 0 Å². The Labute approximate surface area is 183 Å². The number of carboxylic acid groups (broad SMARTS) is 1. The van der Waals surface area contributed by atoms with E-state index in [1.807, 2.05) is 48.5 Å². The summed E-state index contributed by atoms with van der Waals surface area (Å²) in [5.41, 5.74) is 1.34. The Morgan fingerprint density at radius 3 is 2.48 bits per heavy atom. The number of carbonyl (C=O) groups excluding carboxylic acids is 2. The maximum absolute atomic E-state index is 13.2. The lowest BCUT2D eigenvalue weighted by Crippen LogP contribution is -2.45. The molecule has 0 bridgehead atoms. The molecule has 2 amide bonds. The van der Waals surface area contributed by atoms with Crippen LogP contribution >= 0.6 is 11.8 Å². The maximum atomic E-state index is 13.2. The molecule has 1 aliphatic rings. The van der Waals surface area contributed by atoms with Gasteiger partial charge in [0.2, 0.25) is 5.91 Å².